The zero-order chi connectivity index (χ0) is 13.3. The van der Waals surface area contributed by atoms with Crippen molar-refractivity contribution in [1.29, 1.82) is 0 Å². The maximum absolute atomic E-state index is 13.1. The van der Waals surface area contributed by atoms with Crippen molar-refractivity contribution in [2.24, 2.45) is 5.73 Å². The van der Waals surface area contributed by atoms with E-state index in [4.69, 9.17) is 5.73 Å². The van der Waals surface area contributed by atoms with Crippen LogP contribution in [0.3, 0.4) is 0 Å². The number of nitrogens with zero attached hydrogens (tertiary/aromatic N) is 1. The first-order chi connectivity index (χ1) is 8.47. The Labute approximate surface area is 101 Å². The second-order valence-corrected chi connectivity index (χ2v) is 3.83. The van der Waals surface area contributed by atoms with Gasteiger partial charge in [0.05, 0.1) is 0 Å². The van der Waals surface area contributed by atoms with Gasteiger partial charge in [-0.05, 0) is 28.8 Å². The second kappa shape index (κ2) is 4.44. The number of benzene rings is 1. The number of hydrogen-bond donors (Lipinski definition) is 1. The van der Waals surface area contributed by atoms with Crippen LogP contribution in [0.2, 0.25) is 0 Å². The highest BCUT2D eigenvalue weighted by Crippen LogP contribution is 2.34. The average Bonchev–Trinajstić information content (AvgIpc) is 2.55. The molecule has 1 aliphatic carbocycles. The van der Waals surface area contributed by atoms with Gasteiger partial charge in [0, 0.05) is 12.5 Å². The number of nitrogens with two attached hydrogens (primary N) is 1. The highest BCUT2D eigenvalue weighted by molar-refractivity contribution is 5.96. The maximum Gasteiger partial charge on any atom is 0.295 e. The number of hydrogen-bond acceptors (Lipinski definition) is 4. The lowest BCUT2D eigenvalue weighted by atomic mass is 10.1. The Morgan fingerprint density at radius 3 is 2.94 bits per heavy atom. The van der Waals surface area contributed by atoms with Crippen molar-refractivity contribution in [3.63, 3.8) is 0 Å². The Bertz CT molecular complexity index is 556. The molecule has 94 valence electrons. The van der Waals surface area contributed by atoms with Crippen LogP contribution in [0.5, 0.6) is 0 Å². The molecule has 7 heteroatoms. The summed E-state index contributed by atoms with van der Waals surface area (Å²) in [5.74, 6) is -1.26. The Balaban J connectivity index is 2.45. The molecule has 2 rings (SSSR count). The molecular formula is C11H9FN2O4. The molecule has 0 heterocycles. The quantitative estimate of drug-likeness (QED) is 0.489. The van der Waals surface area contributed by atoms with Crippen LogP contribution < -0.4 is 5.73 Å². The van der Waals surface area contributed by atoms with Gasteiger partial charge >= 0.3 is 0 Å². The maximum atomic E-state index is 13.1. The fourth-order valence-corrected chi connectivity index (χ4v) is 2.00. The van der Waals surface area contributed by atoms with Gasteiger partial charge in [0.2, 0.25) is 5.91 Å². The largest absolute Gasteiger partial charge is 0.366 e. The van der Waals surface area contributed by atoms with Gasteiger partial charge in [-0.1, -0.05) is 6.07 Å². The van der Waals surface area contributed by atoms with E-state index in [1.165, 1.54) is 18.2 Å². The lowest BCUT2D eigenvalue weighted by molar-refractivity contribution is -0.764. The highest BCUT2D eigenvalue weighted by atomic mass is 19.1. The molecule has 0 aromatic heterocycles. The van der Waals surface area contributed by atoms with Crippen molar-refractivity contribution in [1.82, 2.24) is 0 Å². The lowest BCUT2D eigenvalue weighted by Gasteiger charge is -2.09. The van der Waals surface area contributed by atoms with E-state index in [1.54, 1.807) is 0 Å². The molecule has 1 aliphatic rings. The van der Waals surface area contributed by atoms with Crippen molar-refractivity contribution < 1.29 is 19.1 Å². The van der Waals surface area contributed by atoms with E-state index in [-0.39, 0.29) is 12.0 Å². The van der Waals surface area contributed by atoms with Crippen LogP contribution in [0, 0.1) is 15.9 Å². The molecule has 2 N–H and O–H groups in total. The molecule has 1 aromatic rings. The Morgan fingerprint density at radius 2 is 2.33 bits per heavy atom. The van der Waals surface area contributed by atoms with E-state index in [2.05, 4.69) is 4.84 Å². The van der Waals surface area contributed by atoms with Gasteiger partial charge in [-0.25, -0.2) is 4.39 Å². The smallest absolute Gasteiger partial charge is 0.295 e. The number of primary amides is 1. The third-order valence-electron chi connectivity index (χ3n) is 2.65. The van der Waals surface area contributed by atoms with E-state index in [0.717, 1.165) is 6.08 Å². The van der Waals surface area contributed by atoms with Crippen LogP contribution in [0.25, 0.3) is 5.57 Å². The van der Waals surface area contributed by atoms with Crippen LogP contribution >= 0.6 is 0 Å². The van der Waals surface area contributed by atoms with Crippen molar-refractivity contribution in [2.75, 3.05) is 0 Å². The summed E-state index contributed by atoms with van der Waals surface area (Å²) in [5, 5.41) is 9.43. The molecule has 1 aromatic carbocycles. The lowest BCUT2D eigenvalue weighted by Crippen LogP contribution is -2.18. The van der Waals surface area contributed by atoms with E-state index in [0.29, 0.717) is 11.1 Å². The molecule has 0 fully saturated rings. The molecule has 0 spiro atoms. The summed E-state index contributed by atoms with van der Waals surface area (Å²) in [7, 11) is 0. The molecule has 18 heavy (non-hydrogen) atoms. The molecule has 0 aliphatic heterocycles. The van der Waals surface area contributed by atoms with E-state index in [1.807, 2.05) is 0 Å². The number of fused-ring (bicyclic) bond motifs is 1. The molecule has 0 saturated carbocycles. The highest BCUT2D eigenvalue weighted by Gasteiger charge is 2.30. The summed E-state index contributed by atoms with van der Waals surface area (Å²) >= 11 is 0. The van der Waals surface area contributed by atoms with E-state index in [9.17, 15) is 19.3 Å². The zero-order valence-electron chi connectivity index (χ0n) is 9.13. The topological polar surface area (TPSA) is 95.5 Å². The number of carbonyl (C=O) groups is 1. The first-order valence-corrected chi connectivity index (χ1v) is 5.08. The summed E-state index contributed by atoms with van der Waals surface area (Å²) in [4.78, 5) is 25.7. The normalized spacial score (nSPS) is 19.6. The molecule has 1 unspecified atom stereocenters. The monoisotopic (exact) mass is 252 g/mol. The molecule has 1 amide bonds. The first kappa shape index (κ1) is 12.0. The predicted molar refractivity (Wildman–Crippen MR) is 59.1 cm³/mol. The number of amides is 1. The third-order valence-corrected chi connectivity index (χ3v) is 2.65. The summed E-state index contributed by atoms with van der Waals surface area (Å²) in [5.41, 5.74) is 6.35. The molecule has 1 atom stereocenters. The van der Waals surface area contributed by atoms with Crippen LogP contribution in [0.15, 0.2) is 24.3 Å². The standard InChI is InChI=1S/C11H9FN2O4/c12-7-2-1-6-3-10(18-14(16)17)9(5-11(13)15)8(6)4-7/h1-2,4-5,10H,3H2,(H2,13,15)/b9-5-. The second-order valence-electron chi connectivity index (χ2n) is 3.83. The minimum absolute atomic E-state index is 0.204. The van der Waals surface area contributed by atoms with Crippen molar-refractivity contribution in [3.8, 4) is 0 Å². The number of carbonyl (C=O) groups excluding carboxylic acids is 1. The molecule has 0 radical (unpaired) electrons. The van der Waals surface area contributed by atoms with Gasteiger partial charge in [-0.2, -0.15) is 0 Å². The molecular weight excluding hydrogens is 243 g/mol. The fraction of sp³-hybridized carbons (Fsp3) is 0.182. The minimum atomic E-state index is -0.943. The van der Waals surface area contributed by atoms with Crippen molar-refractivity contribution >= 4 is 11.5 Å². The Morgan fingerprint density at radius 1 is 1.61 bits per heavy atom. The third kappa shape index (κ3) is 2.29. The molecule has 6 nitrogen and oxygen atoms in total. The number of halogens is 1. The van der Waals surface area contributed by atoms with Crippen LogP contribution in [0.1, 0.15) is 11.1 Å². The summed E-state index contributed by atoms with van der Waals surface area (Å²) < 4.78 is 13.1. The number of rotatable bonds is 3. The summed E-state index contributed by atoms with van der Waals surface area (Å²) in [6, 6.07) is 3.95. The predicted octanol–water partition coefficient (Wildman–Crippen LogP) is 0.827. The fourth-order valence-electron chi connectivity index (χ4n) is 2.00. The van der Waals surface area contributed by atoms with Gasteiger partial charge in [0.25, 0.3) is 5.09 Å². The SMILES string of the molecule is NC(=O)/C=C1/c2cc(F)ccc2CC1O[N+](=O)[O-]. The first-order valence-electron chi connectivity index (χ1n) is 5.08. The van der Waals surface area contributed by atoms with E-state index >= 15 is 0 Å². The Hall–Kier alpha value is -2.44. The molecule has 0 bridgehead atoms. The van der Waals surface area contributed by atoms with E-state index < -0.39 is 22.9 Å². The Kier molecular flexibility index (Phi) is 2.97. The molecule has 0 saturated heterocycles. The summed E-state index contributed by atoms with van der Waals surface area (Å²) in [6.45, 7) is 0. The van der Waals surface area contributed by atoms with Gasteiger partial charge in [0.15, 0.2) is 0 Å². The van der Waals surface area contributed by atoms with Crippen LogP contribution in [0.4, 0.5) is 4.39 Å². The van der Waals surface area contributed by atoms with Gasteiger partial charge < -0.3 is 10.6 Å². The van der Waals surface area contributed by atoms with Gasteiger partial charge in [-0.15, -0.1) is 10.1 Å². The van der Waals surface area contributed by atoms with Crippen molar-refractivity contribution in [2.45, 2.75) is 12.5 Å². The van der Waals surface area contributed by atoms with Crippen molar-refractivity contribution in [3.05, 3.63) is 51.3 Å². The van der Waals surface area contributed by atoms with Gasteiger partial charge in [-0.3, -0.25) is 4.79 Å². The minimum Gasteiger partial charge on any atom is -0.366 e. The average molecular weight is 252 g/mol. The summed E-state index contributed by atoms with van der Waals surface area (Å²) in [6.07, 6.45) is 0.305. The van der Waals surface area contributed by atoms with Crippen LogP contribution in [-0.2, 0) is 16.1 Å². The van der Waals surface area contributed by atoms with Gasteiger partial charge in [0.1, 0.15) is 11.9 Å². The van der Waals surface area contributed by atoms with Crippen LogP contribution in [-0.4, -0.2) is 17.1 Å². The zero-order valence-corrected chi connectivity index (χ0v) is 9.13.